The van der Waals surface area contributed by atoms with Crippen LogP contribution in [0.5, 0.6) is 0 Å². The molecule has 28 heavy (non-hydrogen) atoms. The van der Waals surface area contributed by atoms with Gasteiger partial charge in [0.05, 0.1) is 16.3 Å². The van der Waals surface area contributed by atoms with E-state index in [4.69, 9.17) is 11.6 Å². The van der Waals surface area contributed by atoms with Crippen LogP contribution in [0.2, 0.25) is 5.02 Å². The number of hydrogen-bond donors (Lipinski definition) is 1. The molecule has 0 fully saturated rings. The Morgan fingerprint density at radius 2 is 2.00 bits per heavy atom. The number of carbonyl (C=O) groups excluding carboxylic acids is 1. The standard InChI is InChI=1S/C20H17BrClFN4O/c21-13-6-7-14(15(22)11-13)20(28)24-17-10-12(5-8-16(17)23)19-26-25-18-4-2-1-3-9-27(18)19/h5-8,10-11H,1-4,9H2,(H,24,28). The van der Waals surface area contributed by atoms with Gasteiger partial charge in [-0.25, -0.2) is 4.39 Å². The van der Waals surface area contributed by atoms with E-state index in [1.807, 2.05) is 0 Å². The highest BCUT2D eigenvalue weighted by Gasteiger charge is 2.18. The molecule has 2 aromatic carbocycles. The highest BCUT2D eigenvalue weighted by molar-refractivity contribution is 9.10. The first-order chi connectivity index (χ1) is 13.5. The molecule has 3 aromatic rings. The number of aromatic nitrogens is 3. The third-order valence-corrected chi connectivity index (χ3v) is 5.56. The fourth-order valence-corrected chi connectivity index (χ4v) is 4.08. The molecule has 5 nitrogen and oxygen atoms in total. The van der Waals surface area contributed by atoms with Crippen LogP contribution < -0.4 is 5.32 Å². The van der Waals surface area contributed by atoms with Crippen molar-refractivity contribution in [2.45, 2.75) is 32.2 Å². The lowest BCUT2D eigenvalue weighted by Crippen LogP contribution is -2.14. The second-order valence-electron chi connectivity index (χ2n) is 6.68. The summed E-state index contributed by atoms with van der Waals surface area (Å²) < 4.78 is 17.2. The van der Waals surface area contributed by atoms with E-state index < -0.39 is 11.7 Å². The Hall–Kier alpha value is -2.25. The molecule has 0 saturated heterocycles. The number of fused-ring (bicyclic) bond motifs is 1. The first kappa shape index (κ1) is 19.1. The zero-order valence-electron chi connectivity index (χ0n) is 14.9. The number of nitrogens with one attached hydrogen (secondary N) is 1. The summed E-state index contributed by atoms with van der Waals surface area (Å²) in [5.41, 5.74) is 1.05. The highest BCUT2D eigenvalue weighted by Crippen LogP contribution is 2.28. The smallest absolute Gasteiger partial charge is 0.257 e. The summed E-state index contributed by atoms with van der Waals surface area (Å²) in [4.78, 5) is 12.6. The van der Waals surface area contributed by atoms with Crippen molar-refractivity contribution in [2.24, 2.45) is 0 Å². The van der Waals surface area contributed by atoms with Gasteiger partial charge < -0.3 is 9.88 Å². The average molecular weight is 464 g/mol. The van der Waals surface area contributed by atoms with E-state index in [1.165, 1.54) is 6.07 Å². The van der Waals surface area contributed by atoms with Crippen LogP contribution in [0.25, 0.3) is 11.4 Å². The largest absolute Gasteiger partial charge is 0.319 e. The van der Waals surface area contributed by atoms with Crippen LogP contribution >= 0.6 is 27.5 Å². The van der Waals surface area contributed by atoms with Crippen molar-refractivity contribution in [3.05, 3.63) is 63.1 Å². The van der Waals surface area contributed by atoms with Gasteiger partial charge in [-0.1, -0.05) is 34.0 Å². The summed E-state index contributed by atoms with van der Waals surface area (Å²) in [5, 5.41) is 11.5. The predicted molar refractivity (Wildman–Crippen MR) is 110 cm³/mol. The van der Waals surface area contributed by atoms with Crippen LogP contribution in [-0.2, 0) is 13.0 Å². The van der Waals surface area contributed by atoms with Gasteiger partial charge in [0.1, 0.15) is 11.6 Å². The first-order valence-corrected chi connectivity index (χ1v) is 10.2. The van der Waals surface area contributed by atoms with E-state index >= 15 is 0 Å². The number of rotatable bonds is 3. The lowest BCUT2D eigenvalue weighted by atomic mass is 10.1. The minimum Gasteiger partial charge on any atom is -0.319 e. The van der Waals surface area contributed by atoms with Gasteiger partial charge >= 0.3 is 0 Å². The maximum atomic E-state index is 14.4. The molecule has 8 heteroatoms. The van der Waals surface area contributed by atoms with Crippen molar-refractivity contribution >= 4 is 39.1 Å². The molecule has 0 radical (unpaired) electrons. The van der Waals surface area contributed by atoms with Crippen LogP contribution in [0, 0.1) is 5.82 Å². The van der Waals surface area contributed by atoms with Gasteiger partial charge in [-0.05, 0) is 49.2 Å². The lowest BCUT2D eigenvalue weighted by molar-refractivity contribution is 0.102. The molecular formula is C20H17BrClFN4O. The second-order valence-corrected chi connectivity index (χ2v) is 8.00. The van der Waals surface area contributed by atoms with Crippen molar-refractivity contribution in [2.75, 3.05) is 5.32 Å². The van der Waals surface area contributed by atoms with Crippen LogP contribution in [0.15, 0.2) is 40.9 Å². The van der Waals surface area contributed by atoms with Crippen molar-refractivity contribution in [3.63, 3.8) is 0 Å². The summed E-state index contributed by atoms with van der Waals surface area (Å²) in [7, 11) is 0. The number of aryl methyl sites for hydroxylation is 1. The maximum absolute atomic E-state index is 14.4. The van der Waals surface area contributed by atoms with E-state index in [-0.39, 0.29) is 16.3 Å². The summed E-state index contributed by atoms with van der Waals surface area (Å²) >= 11 is 9.43. The first-order valence-electron chi connectivity index (χ1n) is 9.01. The Morgan fingerprint density at radius 1 is 1.14 bits per heavy atom. The van der Waals surface area contributed by atoms with E-state index in [9.17, 15) is 9.18 Å². The lowest BCUT2D eigenvalue weighted by Gasteiger charge is -2.11. The Labute approximate surface area is 175 Å². The van der Waals surface area contributed by atoms with Gasteiger partial charge in [0.15, 0.2) is 5.82 Å². The molecule has 0 aliphatic carbocycles. The molecule has 1 aliphatic rings. The van der Waals surface area contributed by atoms with E-state index in [1.54, 1.807) is 30.3 Å². The van der Waals surface area contributed by atoms with Crippen LogP contribution in [0.1, 0.15) is 35.4 Å². The molecule has 0 bridgehead atoms. The van der Waals surface area contributed by atoms with Gasteiger partial charge in [0, 0.05) is 23.0 Å². The summed E-state index contributed by atoms with van der Waals surface area (Å²) in [5.74, 6) is 0.632. The van der Waals surface area contributed by atoms with Gasteiger partial charge in [-0.3, -0.25) is 4.79 Å². The minimum absolute atomic E-state index is 0.0763. The van der Waals surface area contributed by atoms with Crippen molar-refractivity contribution < 1.29 is 9.18 Å². The highest BCUT2D eigenvalue weighted by atomic mass is 79.9. The second kappa shape index (κ2) is 8.01. The Balaban J connectivity index is 1.65. The van der Waals surface area contributed by atoms with Crippen LogP contribution in [0.3, 0.4) is 0 Å². The molecule has 4 rings (SSSR count). The molecule has 0 unspecified atom stereocenters. The molecule has 1 aliphatic heterocycles. The summed E-state index contributed by atoms with van der Waals surface area (Å²) in [6.07, 6.45) is 4.20. The van der Waals surface area contributed by atoms with Crippen LogP contribution in [0.4, 0.5) is 10.1 Å². The van der Waals surface area contributed by atoms with E-state index in [2.05, 4.69) is 36.0 Å². The number of amides is 1. The summed E-state index contributed by atoms with van der Waals surface area (Å²) in [6.45, 7) is 0.839. The van der Waals surface area contributed by atoms with Crippen molar-refractivity contribution in [1.29, 1.82) is 0 Å². The number of anilines is 1. The SMILES string of the molecule is O=C(Nc1cc(-c2nnc3n2CCCCC3)ccc1F)c1ccc(Br)cc1Cl. The topological polar surface area (TPSA) is 59.8 Å². The number of halogens is 3. The van der Waals surface area contributed by atoms with Gasteiger partial charge in [-0.2, -0.15) is 0 Å². The quantitative estimate of drug-likeness (QED) is 0.559. The molecule has 1 amide bonds. The third-order valence-electron chi connectivity index (χ3n) is 4.76. The molecule has 2 heterocycles. The molecule has 0 saturated carbocycles. The number of carbonyl (C=O) groups is 1. The average Bonchev–Trinajstić information content (AvgIpc) is 2.91. The molecular weight excluding hydrogens is 447 g/mol. The Bertz CT molecular complexity index is 1050. The molecule has 0 atom stereocenters. The Morgan fingerprint density at radius 3 is 2.82 bits per heavy atom. The molecule has 1 N–H and O–H groups in total. The molecule has 1 aromatic heterocycles. The van der Waals surface area contributed by atoms with E-state index in [0.717, 1.165) is 42.5 Å². The van der Waals surface area contributed by atoms with Crippen molar-refractivity contribution in [3.8, 4) is 11.4 Å². The minimum atomic E-state index is -0.527. The predicted octanol–water partition coefficient (Wildman–Crippen LogP) is 5.48. The number of nitrogens with zero attached hydrogens (tertiary/aromatic N) is 3. The van der Waals surface area contributed by atoms with Gasteiger partial charge in [0.25, 0.3) is 5.91 Å². The fraction of sp³-hybridized carbons (Fsp3) is 0.250. The molecule has 144 valence electrons. The van der Waals surface area contributed by atoms with Gasteiger partial charge in [-0.15, -0.1) is 10.2 Å². The maximum Gasteiger partial charge on any atom is 0.257 e. The zero-order chi connectivity index (χ0) is 19.7. The zero-order valence-corrected chi connectivity index (χ0v) is 17.2. The number of benzene rings is 2. The summed E-state index contributed by atoms with van der Waals surface area (Å²) in [6, 6.07) is 9.48. The third kappa shape index (κ3) is 3.82. The van der Waals surface area contributed by atoms with Crippen molar-refractivity contribution in [1.82, 2.24) is 14.8 Å². The monoisotopic (exact) mass is 462 g/mol. The fourth-order valence-electron chi connectivity index (χ4n) is 3.32. The van der Waals surface area contributed by atoms with Crippen LogP contribution in [-0.4, -0.2) is 20.7 Å². The normalized spacial score (nSPS) is 13.7. The van der Waals surface area contributed by atoms with E-state index in [0.29, 0.717) is 11.4 Å². The van der Waals surface area contributed by atoms with Gasteiger partial charge in [0.2, 0.25) is 0 Å². The Kier molecular flexibility index (Phi) is 5.46. The number of hydrogen-bond acceptors (Lipinski definition) is 3. The molecule has 0 spiro atoms.